The molecule has 3 aromatic rings. The van der Waals surface area contributed by atoms with Crippen molar-refractivity contribution >= 4 is 57.7 Å². The molecule has 15 heteroatoms. The Morgan fingerprint density at radius 3 is 2.47 bits per heavy atom. The molecule has 2 fully saturated rings. The number of carboxylic acid groups (broad SMARTS) is 1. The number of hydrogen-bond donors (Lipinski definition) is 4. The molecule has 0 spiro atoms. The number of nitrogens with zero attached hydrogens (tertiary/aromatic N) is 6. The maximum absolute atomic E-state index is 13.3. The lowest BCUT2D eigenvalue weighted by Crippen LogP contribution is -2.48. The summed E-state index contributed by atoms with van der Waals surface area (Å²) in [6.07, 6.45) is 0.810. The number of likely N-dealkylation sites (tertiary alicyclic amines) is 1. The molecule has 43 heavy (non-hydrogen) atoms. The molecule has 1 aromatic carbocycles. The smallest absolute Gasteiger partial charge is 0.347 e. The molecule has 0 unspecified atom stereocenters. The summed E-state index contributed by atoms with van der Waals surface area (Å²) in [5, 5.41) is 25.2. The summed E-state index contributed by atoms with van der Waals surface area (Å²) in [7, 11) is 0. The predicted molar refractivity (Wildman–Crippen MR) is 157 cm³/mol. The van der Waals surface area contributed by atoms with Crippen molar-refractivity contribution in [3.8, 4) is 0 Å². The van der Waals surface area contributed by atoms with Gasteiger partial charge < -0.3 is 25.3 Å². The van der Waals surface area contributed by atoms with Crippen LogP contribution < -0.4 is 20.4 Å². The lowest BCUT2D eigenvalue weighted by molar-refractivity contribution is -0.120. The van der Waals surface area contributed by atoms with Crippen LogP contribution in [0.5, 0.6) is 0 Å². The standard InChI is InChI=1S/C28H30N8O6S/c1-15-22(26(41)42)43-28(30-15)33-27-31-23(35-11-8-29-20(38)14-35)19-12-21(39)36(24(19)32-27)13-16-2-4-17(5-3-16)25(40)34-9-6-18(37)7-10-34/h2-5,18,37H,6-14H2,1H3,(H,29,38)(H,41,42)(H,30,31,32,33). The van der Waals surface area contributed by atoms with E-state index >= 15 is 0 Å². The number of aliphatic hydroxyl groups excluding tert-OH is 1. The van der Waals surface area contributed by atoms with E-state index in [4.69, 9.17) is 0 Å². The third kappa shape index (κ3) is 5.85. The fourth-order valence-corrected chi connectivity index (χ4v) is 6.24. The van der Waals surface area contributed by atoms with Crippen LogP contribution in [0.25, 0.3) is 0 Å². The molecule has 224 valence electrons. The van der Waals surface area contributed by atoms with Crippen LogP contribution in [0.3, 0.4) is 0 Å². The molecule has 3 aliphatic heterocycles. The minimum atomic E-state index is -1.09. The van der Waals surface area contributed by atoms with Crippen LogP contribution in [0, 0.1) is 6.92 Å². The van der Waals surface area contributed by atoms with E-state index < -0.39 is 5.97 Å². The highest BCUT2D eigenvalue weighted by molar-refractivity contribution is 7.17. The fraction of sp³-hybridized carbons (Fsp3) is 0.393. The number of fused-ring (bicyclic) bond motifs is 1. The highest BCUT2D eigenvalue weighted by Crippen LogP contribution is 2.37. The maximum atomic E-state index is 13.3. The number of aromatic carboxylic acids is 1. The van der Waals surface area contributed by atoms with Crippen LogP contribution in [-0.4, -0.2) is 92.6 Å². The minimum Gasteiger partial charge on any atom is -0.477 e. The summed E-state index contributed by atoms with van der Waals surface area (Å²) in [6.45, 7) is 3.81. The number of aryl methyl sites for hydroxylation is 1. The van der Waals surface area contributed by atoms with Gasteiger partial charge in [-0.2, -0.15) is 9.97 Å². The number of benzene rings is 1. The Balaban J connectivity index is 1.28. The predicted octanol–water partition coefficient (Wildman–Crippen LogP) is 1.31. The summed E-state index contributed by atoms with van der Waals surface area (Å²) < 4.78 is 0. The van der Waals surface area contributed by atoms with Crippen molar-refractivity contribution in [1.29, 1.82) is 0 Å². The number of amides is 3. The van der Waals surface area contributed by atoms with E-state index in [0.717, 1.165) is 16.9 Å². The zero-order valence-corrected chi connectivity index (χ0v) is 24.2. The van der Waals surface area contributed by atoms with Crippen LogP contribution in [-0.2, 0) is 22.6 Å². The quantitative estimate of drug-likeness (QED) is 0.304. The number of hydrogen-bond acceptors (Lipinski definition) is 11. The number of carbonyl (C=O) groups excluding carboxylic acids is 3. The molecule has 6 rings (SSSR count). The van der Waals surface area contributed by atoms with E-state index in [2.05, 4.69) is 25.6 Å². The second-order valence-electron chi connectivity index (χ2n) is 10.7. The van der Waals surface area contributed by atoms with Gasteiger partial charge in [-0.3, -0.25) is 24.6 Å². The van der Waals surface area contributed by atoms with E-state index in [1.165, 1.54) is 0 Å². The van der Waals surface area contributed by atoms with Crippen molar-refractivity contribution in [3.63, 3.8) is 0 Å². The third-order valence-electron chi connectivity index (χ3n) is 7.69. The van der Waals surface area contributed by atoms with Crippen LogP contribution in [0.15, 0.2) is 24.3 Å². The van der Waals surface area contributed by atoms with Crippen LogP contribution in [0.1, 0.15) is 49.7 Å². The number of thiazole rings is 1. The van der Waals surface area contributed by atoms with Gasteiger partial charge in [0.2, 0.25) is 17.8 Å². The summed E-state index contributed by atoms with van der Waals surface area (Å²) in [4.78, 5) is 68.7. The van der Waals surface area contributed by atoms with Crippen molar-refractivity contribution in [1.82, 2.24) is 25.2 Å². The van der Waals surface area contributed by atoms with Crippen molar-refractivity contribution < 1.29 is 29.4 Å². The number of carbonyl (C=O) groups is 4. The zero-order chi connectivity index (χ0) is 30.2. The first-order valence-electron chi connectivity index (χ1n) is 13.9. The van der Waals surface area contributed by atoms with E-state index in [0.29, 0.717) is 67.5 Å². The summed E-state index contributed by atoms with van der Waals surface area (Å²) in [6, 6.07) is 7.08. The number of nitrogens with one attached hydrogen (secondary N) is 2. The Labute approximate surface area is 250 Å². The average molecular weight is 607 g/mol. The molecule has 3 amide bonds. The highest BCUT2D eigenvalue weighted by Gasteiger charge is 2.35. The van der Waals surface area contributed by atoms with Gasteiger partial charge in [0.1, 0.15) is 16.5 Å². The maximum Gasteiger partial charge on any atom is 0.347 e. The number of piperazine rings is 1. The Hall–Kier alpha value is -4.63. The number of aliphatic hydroxyl groups is 1. The molecule has 0 bridgehead atoms. The monoisotopic (exact) mass is 606 g/mol. The molecule has 2 saturated heterocycles. The summed E-state index contributed by atoms with van der Waals surface area (Å²) in [5.41, 5.74) is 2.28. The van der Waals surface area contributed by atoms with Gasteiger partial charge in [0.05, 0.1) is 31.3 Å². The van der Waals surface area contributed by atoms with Crippen molar-refractivity contribution in [2.75, 3.05) is 47.8 Å². The Bertz CT molecular complexity index is 1600. The first kappa shape index (κ1) is 28.5. The van der Waals surface area contributed by atoms with Gasteiger partial charge in [-0.25, -0.2) is 9.78 Å². The van der Waals surface area contributed by atoms with Gasteiger partial charge in [0.25, 0.3) is 5.91 Å². The SMILES string of the molecule is Cc1nc(Nc2nc(N3CCNC(=O)C3)c3c(n2)N(Cc2ccc(C(=O)N4CCC(O)CC4)cc2)C(=O)C3)sc1C(=O)O. The molecule has 2 aromatic heterocycles. The first-order valence-corrected chi connectivity index (χ1v) is 14.7. The molecular formula is C28H30N8O6S. The minimum absolute atomic E-state index is 0.0555. The van der Waals surface area contributed by atoms with Crippen LogP contribution in [0.2, 0.25) is 0 Å². The second kappa shape index (κ2) is 11.6. The van der Waals surface area contributed by atoms with Crippen molar-refractivity contribution in [2.24, 2.45) is 0 Å². The Kier molecular flexibility index (Phi) is 7.66. The van der Waals surface area contributed by atoms with Gasteiger partial charge in [-0.15, -0.1) is 0 Å². The highest BCUT2D eigenvalue weighted by atomic mass is 32.1. The molecule has 14 nitrogen and oxygen atoms in total. The summed E-state index contributed by atoms with van der Waals surface area (Å²) in [5.74, 6) is -0.557. The molecule has 5 heterocycles. The van der Waals surface area contributed by atoms with Crippen LogP contribution in [0.4, 0.5) is 22.7 Å². The molecular weight excluding hydrogens is 576 g/mol. The van der Waals surface area contributed by atoms with Gasteiger partial charge >= 0.3 is 5.97 Å². The van der Waals surface area contributed by atoms with Crippen molar-refractivity contribution in [2.45, 2.75) is 38.8 Å². The van der Waals surface area contributed by atoms with E-state index in [9.17, 15) is 29.4 Å². The van der Waals surface area contributed by atoms with Crippen LogP contribution >= 0.6 is 11.3 Å². The molecule has 0 aliphatic carbocycles. The van der Waals surface area contributed by atoms with E-state index in [1.807, 2.05) is 0 Å². The topological polar surface area (TPSA) is 181 Å². The molecule has 0 saturated carbocycles. The van der Waals surface area contributed by atoms with Gasteiger partial charge in [0.15, 0.2) is 5.13 Å². The Morgan fingerprint density at radius 1 is 1.07 bits per heavy atom. The zero-order valence-electron chi connectivity index (χ0n) is 23.4. The molecule has 0 radical (unpaired) electrons. The fourth-order valence-electron chi connectivity index (χ4n) is 5.44. The number of anilines is 4. The first-order chi connectivity index (χ1) is 20.7. The average Bonchev–Trinajstić information content (AvgIpc) is 3.51. The van der Waals surface area contributed by atoms with Gasteiger partial charge in [-0.05, 0) is 37.5 Å². The second-order valence-corrected chi connectivity index (χ2v) is 11.7. The van der Waals surface area contributed by atoms with Gasteiger partial charge in [-0.1, -0.05) is 23.5 Å². The Morgan fingerprint density at radius 2 is 1.79 bits per heavy atom. The summed E-state index contributed by atoms with van der Waals surface area (Å²) >= 11 is 0.952. The lowest BCUT2D eigenvalue weighted by Gasteiger charge is -2.29. The van der Waals surface area contributed by atoms with E-state index in [-0.39, 0.29) is 59.3 Å². The third-order valence-corrected chi connectivity index (χ3v) is 8.75. The molecule has 4 N–H and O–H groups in total. The number of carboxylic acids is 1. The normalized spacial score (nSPS) is 17.2. The number of aromatic nitrogens is 3. The number of rotatable bonds is 7. The van der Waals surface area contributed by atoms with Crippen molar-refractivity contribution in [3.05, 3.63) is 51.5 Å². The van der Waals surface area contributed by atoms with E-state index in [1.54, 1.807) is 45.9 Å². The molecule has 3 aliphatic rings. The molecule has 0 atom stereocenters. The lowest BCUT2D eigenvalue weighted by atomic mass is 10.1. The largest absolute Gasteiger partial charge is 0.477 e. The number of piperidine rings is 1. The van der Waals surface area contributed by atoms with Gasteiger partial charge in [0, 0.05) is 37.3 Å².